The van der Waals surface area contributed by atoms with Crippen molar-refractivity contribution >= 4 is 32.5 Å². The van der Waals surface area contributed by atoms with Crippen LogP contribution < -0.4 is 5.32 Å². The first-order valence-corrected chi connectivity index (χ1v) is 5.45. The third kappa shape index (κ3) is 1.63. The summed E-state index contributed by atoms with van der Waals surface area (Å²) in [6, 6.07) is 6.35. The van der Waals surface area contributed by atoms with E-state index < -0.39 is 0 Å². The molecular formula is C10H7FN4S. The fraction of sp³-hybridized carbons (Fsp3) is 0. The van der Waals surface area contributed by atoms with Crippen LogP contribution in [0.5, 0.6) is 0 Å². The molecule has 4 nitrogen and oxygen atoms in total. The van der Waals surface area contributed by atoms with Crippen LogP contribution >= 0.6 is 11.3 Å². The van der Waals surface area contributed by atoms with Gasteiger partial charge < -0.3 is 5.32 Å². The Bertz CT molecular complexity index is 617. The molecule has 0 spiro atoms. The highest BCUT2D eigenvalue weighted by atomic mass is 32.1. The van der Waals surface area contributed by atoms with Crippen molar-refractivity contribution in [3.05, 3.63) is 36.3 Å². The third-order valence-corrected chi connectivity index (χ3v) is 3.03. The molecule has 0 bridgehead atoms. The van der Waals surface area contributed by atoms with Crippen LogP contribution in [-0.2, 0) is 0 Å². The van der Waals surface area contributed by atoms with Crippen LogP contribution in [0.3, 0.4) is 0 Å². The van der Waals surface area contributed by atoms with E-state index in [-0.39, 0.29) is 5.82 Å². The van der Waals surface area contributed by atoms with Gasteiger partial charge in [0, 0.05) is 6.07 Å². The molecule has 2 heterocycles. The molecule has 0 saturated carbocycles. The van der Waals surface area contributed by atoms with E-state index in [2.05, 4.69) is 20.5 Å². The first-order valence-electron chi connectivity index (χ1n) is 4.64. The summed E-state index contributed by atoms with van der Waals surface area (Å²) < 4.78 is 13.8. The van der Waals surface area contributed by atoms with Crippen molar-refractivity contribution in [3.63, 3.8) is 0 Å². The minimum Gasteiger partial charge on any atom is -0.317 e. The number of fused-ring (bicyclic) bond motifs is 1. The number of anilines is 2. The normalized spacial score (nSPS) is 10.8. The van der Waals surface area contributed by atoms with E-state index in [0.29, 0.717) is 5.13 Å². The van der Waals surface area contributed by atoms with Gasteiger partial charge in [0.25, 0.3) is 0 Å². The van der Waals surface area contributed by atoms with Gasteiger partial charge in [0.2, 0.25) is 0 Å². The van der Waals surface area contributed by atoms with Crippen molar-refractivity contribution in [1.29, 1.82) is 0 Å². The van der Waals surface area contributed by atoms with Crippen LogP contribution in [0.1, 0.15) is 0 Å². The number of H-pyrrole nitrogens is 1. The smallest absolute Gasteiger partial charge is 0.189 e. The maximum atomic E-state index is 13.0. The van der Waals surface area contributed by atoms with Crippen molar-refractivity contribution < 1.29 is 4.39 Å². The molecule has 0 saturated heterocycles. The van der Waals surface area contributed by atoms with Gasteiger partial charge >= 0.3 is 0 Å². The molecule has 3 rings (SSSR count). The number of aromatic amines is 1. The van der Waals surface area contributed by atoms with Gasteiger partial charge in [0.15, 0.2) is 5.13 Å². The largest absolute Gasteiger partial charge is 0.317 e. The number of hydrogen-bond donors (Lipinski definition) is 2. The molecule has 0 fully saturated rings. The number of hydrogen-bond acceptors (Lipinski definition) is 4. The number of halogens is 1. The van der Waals surface area contributed by atoms with Crippen LogP contribution in [0.15, 0.2) is 30.5 Å². The van der Waals surface area contributed by atoms with Crippen molar-refractivity contribution in [2.75, 3.05) is 5.32 Å². The molecule has 2 N–H and O–H groups in total. The Morgan fingerprint density at radius 1 is 1.31 bits per heavy atom. The summed E-state index contributed by atoms with van der Waals surface area (Å²) in [5.74, 6) is 0.517. The molecule has 3 aromatic rings. The SMILES string of the molecule is Fc1ccc2nc(Nc3ccn[nH]3)sc2c1. The predicted molar refractivity (Wildman–Crippen MR) is 61.4 cm³/mol. The zero-order valence-corrected chi connectivity index (χ0v) is 8.88. The lowest BCUT2D eigenvalue weighted by atomic mass is 10.3. The third-order valence-electron chi connectivity index (χ3n) is 2.09. The van der Waals surface area contributed by atoms with Gasteiger partial charge in [-0.3, -0.25) is 5.10 Å². The van der Waals surface area contributed by atoms with Crippen LogP contribution in [-0.4, -0.2) is 15.2 Å². The first kappa shape index (κ1) is 9.29. The maximum absolute atomic E-state index is 13.0. The average Bonchev–Trinajstić information content (AvgIpc) is 2.86. The maximum Gasteiger partial charge on any atom is 0.189 e. The molecule has 0 aliphatic carbocycles. The second-order valence-corrected chi connectivity index (χ2v) is 4.26. The summed E-state index contributed by atoms with van der Waals surface area (Å²) in [5.41, 5.74) is 0.786. The van der Waals surface area contributed by atoms with Gasteiger partial charge in [-0.25, -0.2) is 9.37 Å². The lowest BCUT2D eigenvalue weighted by Crippen LogP contribution is -1.88. The van der Waals surface area contributed by atoms with E-state index >= 15 is 0 Å². The molecule has 0 amide bonds. The zero-order chi connectivity index (χ0) is 11.0. The Kier molecular flexibility index (Phi) is 2.07. The second kappa shape index (κ2) is 3.57. The van der Waals surface area contributed by atoms with Gasteiger partial charge in [-0.15, -0.1) is 0 Å². The van der Waals surface area contributed by atoms with Crippen LogP contribution in [0.4, 0.5) is 15.3 Å². The van der Waals surface area contributed by atoms with Gasteiger partial charge in [0.05, 0.1) is 16.4 Å². The second-order valence-electron chi connectivity index (χ2n) is 3.23. The minimum absolute atomic E-state index is 0.246. The molecule has 0 aliphatic rings. The summed E-state index contributed by atoms with van der Waals surface area (Å²) >= 11 is 1.40. The number of benzene rings is 1. The number of nitrogens with zero attached hydrogens (tertiary/aromatic N) is 2. The lowest BCUT2D eigenvalue weighted by Gasteiger charge is -1.94. The fourth-order valence-corrected chi connectivity index (χ4v) is 2.30. The molecule has 2 aromatic heterocycles. The number of rotatable bonds is 2. The van der Waals surface area contributed by atoms with Gasteiger partial charge in [-0.1, -0.05) is 11.3 Å². The fourth-order valence-electron chi connectivity index (χ4n) is 1.39. The number of nitrogens with one attached hydrogen (secondary N) is 2. The van der Waals surface area contributed by atoms with Crippen molar-refractivity contribution in [1.82, 2.24) is 15.2 Å². The Balaban J connectivity index is 1.99. The summed E-state index contributed by atoms with van der Waals surface area (Å²) in [6.45, 7) is 0. The molecule has 0 radical (unpaired) electrons. The van der Waals surface area contributed by atoms with E-state index in [9.17, 15) is 4.39 Å². The highest BCUT2D eigenvalue weighted by Gasteiger charge is 2.05. The highest BCUT2D eigenvalue weighted by Crippen LogP contribution is 2.27. The summed E-state index contributed by atoms with van der Waals surface area (Å²) in [5, 5.41) is 10.4. The van der Waals surface area contributed by atoms with Crippen molar-refractivity contribution in [3.8, 4) is 0 Å². The molecule has 6 heteroatoms. The van der Waals surface area contributed by atoms with Crippen molar-refractivity contribution in [2.45, 2.75) is 0 Å². The Morgan fingerprint density at radius 3 is 3.06 bits per heavy atom. The summed E-state index contributed by atoms with van der Waals surface area (Å²) in [6.07, 6.45) is 1.65. The number of aromatic nitrogens is 3. The molecule has 1 aromatic carbocycles. The minimum atomic E-state index is -0.246. The summed E-state index contributed by atoms with van der Waals surface area (Å²) in [7, 11) is 0. The highest BCUT2D eigenvalue weighted by molar-refractivity contribution is 7.22. The van der Waals surface area contributed by atoms with Gasteiger partial charge in [-0.2, -0.15) is 5.10 Å². The molecule has 80 valence electrons. The quantitative estimate of drug-likeness (QED) is 0.716. The van der Waals surface area contributed by atoms with Crippen LogP contribution in [0.25, 0.3) is 10.2 Å². The topological polar surface area (TPSA) is 53.6 Å². The lowest BCUT2D eigenvalue weighted by molar-refractivity contribution is 0.630. The first-order chi connectivity index (χ1) is 7.81. The predicted octanol–water partition coefficient (Wildman–Crippen LogP) is 2.90. The van der Waals surface area contributed by atoms with Crippen molar-refractivity contribution in [2.24, 2.45) is 0 Å². The van der Waals surface area contributed by atoms with Crippen LogP contribution in [0, 0.1) is 5.82 Å². The molecule has 0 atom stereocenters. The summed E-state index contributed by atoms with van der Waals surface area (Å²) in [4.78, 5) is 4.32. The van der Waals surface area contributed by atoms with E-state index in [4.69, 9.17) is 0 Å². The monoisotopic (exact) mass is 234 g/mol. The van der Waals surface area contributed by atoms with Crippen LogP contribution in [0.2, 0.25) is 0 Å². The Hall–Kier alpha value is -1.95. The van der Waals surface area contributed by atoms with E-state index in [1.165, 1.54) is 23.5 Å². The Labute approximate surface area is 94.1 Å². The van der Waals surface area contributed by atoms with Gasteiger partial charge in [0.1, 0.15) is 11.6 Å². The molecule has 0 unspecified atom stereocenters. The average molecular weight is 234 g/mol. The number of thiazole rings is 1. The molecular weight excluding hydrogens is 227 g/mol. The zero-order valence-electron chi connectivity index (χ0n) is 8.07. The Morgan fingerprint density at radius 2 is 2.25 bits per heavy atom. The molecule has 0 aliphatic heterocycles. The standard InChI is InChI=1S/C10H7FN4S/c11-6-1-2-7-8(5-6)16-10(13-7)14-9-3-4-12-15-9/h1-5H,(H2,12,13,14,15). The van der Waals surface area contributed by atoms with E-state index in [1.54, 1.807) is 18.3 Å². The van der Waals surface area contributed by atoms with E-state index in [1.807, 2.05) is 0 Å². The van der Waals surface area contributed by atoms with Gasteiger partial charge in [-0.05, 0) is 18.2 Å². The molecule has 16 heavy (non-hydrogen) atoms. The van der Waals surface area contributed by atoms with E-state index in [0.717, 1.165) is 16.0 Å².